The number of hydrogen-bond acceptors (Lipinski definition) is 2. The van der Waals surface area contributed by atoms with Gasteiger partial charge in [0, 0.05) is 46.7 Å². The van der Waals surface area contributed by atoms with Gasteiger partial charge in [-0.3, -0.25) is 9.89 Å². The van der Waals surface area contributed by atoms with E-state index in [1.165, 1.54) is 0 Å². The van der Waals surface area contributed by atoms with Gasteiger partial charge in [0.2, 0.25) is 5.91 Å². The molecule has 0 saturated carbocycles. The van der Waals surface area contributed by atoms with Crippen LogP contribution in [0.25, 0.3) is 10.9 Å². The van der Waals surface area contributed by atoms with Gasteiger partial charge in [0.1, 0.15) is 0 Å². The van der Waals surface area contributed by atoms with E-state index in [2.05, 4.69) is 32.6 Å². The van der Waals surface area contributed by atoms with Crippen molar-refractivity contribution in [2.24, 2.45) is 0 Å². The Bertz CT molecular complexity index is 1160. The first-order chi connectivity index (χ1) is 14.5. The average Bonchev–Trinajstić information content (AvgIpc) is 3.31. The van der Waals surface area contributed by atoms with Crippen molar-refractivity contribution < 1.29 is 4.79 Å². The Morgan fingerprint density at radius 3 is 2.63 bits per heavy atom. The van der Waals surface area contributed by atoms with E-state index in [9.17, 15) is 4.79 Å². The summed E-state index contributed by atoms with van der Waals surface area (Å²) >= 11 is 6.53. The highest BCUT2D eigenvalue weighted by atomic mass is 35.5. The molecule has 0 saturated heterocycles. The highest BCUT2D eigenvalue weighted by molar-refractivity contribution is 6.31. The summed E-state index contributed by atoms with van der Waals surface area (Å²) in [6, 6.07) is 16.0. The number of aryl methyl sites for hydroxylation is 2. The van der Waals surface area contributed by atoms with Gasteiger partial charge in [-0.2, -0.15) is 5.10 Å². The number of nitrogens with one attached hydrogen (secondary N) is 3. The summed E-state index contributed by atoms with van der Waals surface area (Å²) in [6.45, 7) is 4.42. The molecule has 3 N–H and O–H groups in total. The van der Waals surface area contributed by atoms with E-state index in [-0.39, 0.29) is 11.8 Å². The van der Waals surface area contributed by atoms with Crippen LogP contribution < -0.4 is 5.32 Å². The Morgan fingerprint density at radius 2 is 1.87 bits per heavy atom. The monoisotopic (exact) mass is 420 g/mol. The third kappa shape index (κ3) is 4.12. The number of amides is 1. The lowest BCUT2D eigenvalue weighted by molar-refractivity contribution is -0.121. The summed E-state index contributed by atoms with van der Waals surface area (Å²) in [7, 11) is 0. The fourth-order valence-electron chi connectivity index (χ4n) is 4.01. The third-order valence-corrected chi connectivity index (χ3v) is 6.01. The van der Waals surface area contributed by atoms with Crippen LogP contribution in [0.5, 0.6) is 0 Å². The first-order valence-corrected chi connectivity index (χ1v) is 10.5. The molecule has 0 bridgehead atoms. The summed E-state index contributed by atoms with van der Waals surface area (Å²) in [5.41, 5.74) is 6.29. The van der Waals surface area contributed by atoms with Gasteiger partial charge in [-0.05, 0) is 49.1 Å². The zero-order chi connectivity index (χ0) is 21.1. The summed E-state index contributed by atoms with van der Waals surface area (Å²) in [5, 5.41) is 12.1. The van der Waals surface area contributed by atoms with Crippen molar-refractivity contribution in [3.05, 3.63) is 87.8 Å². The van der Waals surface area contributed by atoms with Crippen LogP contribution in [0.3, 0.4) is 0 Å². The molecule has 0 fully saturated rings. The van der Waals surface area contributed by atoms with Gasteiger partial charge in [-0.15, -0.1) is 0 Å². The molecule has 0 radical (unpaired) electrons. The van der Waals surface area contributed by atoms with E-state index >= 15 is 0 Å². The molecule has 0 unspecified atom stereocenters. The first kappa shape index (κ1) is 20.2. The second-order valence-electron chi connectivity index (χ2n) is 7.58. The van der Waals surface area contributed by atoms with Gasteiger partial charge in [-0.25, -0.2) is 0 Å². The van der Waals surface area contributed by atoms with E-state index in [0.29, 0.717) is 24.4 Å². The SMILES string of the molecule is Cc1n[nH]c(C)c1CCC(=O)NC[C@@H](c1ccccc1Cl)c1c[nH]c2ccccc12. The molecule has 5 nitrogen and oxygen atoms in total. The number of para-hydroxylation sites is 1. The Kier molecular flexibility index (Phi) is 5.91. The number of rotatable bonds is 7. The zero-order valence-electron chi connectivity index (χ0n) is 17.1. The molecule has 6 heteroatoms. The van der Waals surface area contributed by atoms with Crippen LogP contribution in [0.1, 0.15) is 40.4 Å². The molecular formula is C24H25ClN4O. The number of aromatic nitrogens is 3. The first-order valence-electron chi connectivity index (χ1n) is 10.1. The largest absolute Gasteiger partial charge is 0.361 e. The Labute approximate surface area is 180 Å². The molecule has 1 amide bonds. The van der Waals surface area contributed by atoms with Crippen molar-refractivity contribution >= 4 is 28.4 Å². The van der Waals surface area contributed by atoms with E-state index in [1.807, 2.05) is 56.4 Å². The fourth-order valence-corrected chi connectivity index (χ4v) is 4.28. The molecule has 30 heavy (non-hydrogen) atoms. The lowest BCUT2D eigenvalue weighted by Gasteiger charge is -2.19. The van der Waals surface area contributed by atoms with Crippen LogP contribution in [-0.2, 0) is 11.2 Å². The number of halogens is 1. The second kappa shape index (κ2) is 8.76. The van der Waals surface area contributed by atoms with E-state index in [1.54, 1.807) is 0 Å². The Morgan fingerprint density at radius 1 is 1.10 bits per heavy atom. The molecule has 0 aliphatic rings. The number of benzene rings is 2. The van der Waals surface area contributed by atoms with Gasteiger partial charge < -0.3 is 10.3 Å². The van der Waals surface area contributed by atoms with Crippen LogP contribution in [0.2, 0.25) is 5.02 Å². The minimum absolute atomic E-state index is 0.0203. The minimum Gasteiger partial charge on any atom is -0.361 e. The number of H-pyrrole nitrogens is 2. The summed E-state index contributed by atoms with van der Waals surface area (Å²) < 4.78 is 0. The van der Waals surface area contributed by atoms with Crippen molar-refractivity contribution in [3.63, 3.8) is 0 Å². The third-order valence-electron chi connectivity index (χ3n) is 5.66. The number of aromatic amines is 2. The van der Waals surface area contributed by atoms with Crippen molar-refractivity contribution in [2.45, 2.75) is 32.6 Å². The van der Waals surface area contributed by atoms with Crippen molar-refractivity contribution in [1.29, 1.82) is 0 Å². The molecule has 154 valence electrons. The number of nitrogens with zero attached hydrogens (tertiary/aromatic N) is 1. The highest BCUT2D eigenvalue weighted by Crippen LogP contribution is 2.34. The molecule has 0 aliphatic heterocycles. The number of hydrogen-bond donors (Lipinski definition) is 3. The smallest absolute Gasteiger partial charge is 0.220 e. The predicted octanol–water partition coefficient (Wildman–Crippen LogP) is 5.04. The topological polar surface area (TPSA) is 73.6 Å². The van der Waals surface area contributed by atoms with Crippen LogP contribution in [-0.4, -0.2) is 27.6 Å². The van der Waals surface area contributed by atoms with Crippen molar-refractivity contribution in [3.8, 4) is 0 Å². The second-order valence-corrected chi connectivity index (χ2v) is 7.99. The molecular weight excluding hydrogens is 396 g/mol. The molecule has 0 aliphatic carbocycles. The van der Waals surface area contributed by atoms with Crippen molar-refractivity contribution in [2.75, 3.05) is 6.54 Å². The van der Waals surface area contributed by atoms with Gasteiger partial charge in [0.15, 0.2) is 0 Å². The van der Waals surface area contributed by atoms with E-state index in [4.69, 9.17) is 11.6 Å². The van der Waals surface area contributed by atoms with Gasteiger partial charge in [0.25, 0.3) is 0 Å². The van der Waals surface area contributed by atoms with Gasteiger partial charge >= 0.3 is 0 Å². The zero-order valence-corrected chi connectivity index (χ0v) is 17.9. The lowest BCUT2D eigenvalue weighted by atomic mass is 9.90. The van der Waals surface area contributed by atoms with Crippen LogP contribution in [0, 0.1) is 13.8 Å². The van der Waals surface area contributed by atoms with Crippen LogP contribution in [0.15, 0.2) is 54.7 Å². The number of fused-ring (bicyclic) bond motifs is 1. The molecule has 4 rings (SSSR count). The normalized spacial score (nSPS) is 12.2. The molecule has 2 heterocycles. The maximum absolute atomic E-state index is 12.6. The van der Waals surface area contributed by atoms with Crippen molar-refractivity contribution in [1.82, 2.24) is 20.5 Å². The highest BCUT2D eigenvalue weighted by Gasteiger charge is 2.21. The summed E-state index contributed by atoms with van der Waals surface area (Å²) in [6.07, 6.45) is 3.11. The van der Waals surface area contributed by atoms with Gasteiger partial charge in [-0.1, -0.05) is 48.0 Å². The Balaban J connectivity index is 1.54. The summed E-state index contributed by atoms with van der Waals surface area (Å²) in [4.78, 5) is 16.0. The minimum atomic E-state index is -0.0452. The standard InChI is InChI=1S/C24H25ClN4O/c1-15-17(16(2)29-28-15)11-12-24(30)27-14-20(18-7-3-5-9-22(18)25)21-13-26-23-10-6-4-8-19(21)23/h3-10,13,20,26H,11-12,14H2,1-2H3,(H,27,30)(H,28,29)/t20-/m0/s1. The van der Waals surface area contributed by atoms with E-state index < -0.39 is 0 Å². The molecule has 0 spiro atoms. The van der Waals surface area contributed by atoms with E-state index in [0.717, 1.165) is 39.0 Å². The maximum atomic E-state index is 12.6. The number of carbonyl (C=O) groups excluding carboxylic acids is 1. The molecule has 1 atom stereocenters. The molecule has 2 aromatic carbocycles. The predicted molar refractivity (Wildman–Crippen MR) is 121 cm³/mol. The van der Waals surface area contributed by atoms with Crippen LogP contribution in [0.4, 0.5) is 0 Å². The summed E-state index contributed by atoms with van der Waals surface area (Å²) in [5.74, 6) is -0.0249. The van der Waals surface area contributed by atoms with Crippen LogP contribution >= 0.6 is 11.6 Å². The molecule has 2 aromatic heterocycles. The Hall–Kier alpha value is -3.05. The van der Waals surface area contributed by atoms with Gasteiger partial charge in [0.05, 0.1) is 5.69 Å². The molecule has 4 aromatic rings. The quantitative estimate of drug-likeness (QED) is 0.391. The fraction of sp³-hybridized carbons (Fsp3) is 0.250. The average molecular weight is 421 g/mol. The number of carbonyl (C=O) groups is 1. The lowest BCUT2D eigenvalue weighted by Crippen LogP contribution is -2.29. The maximum Gasteiger partial charge on any atom is 0.220 e.